The quantitative estimate of drug-likeness (QED) is 0.554. The Balaban J connectivity index is 2.17. The van der Waals surface area contributed by atoms with Gasteiger partial charge in [-0.2, -0.15) is 0 Å². The molecular weight excluding hydrogens is 334 g/mol. The fourth-order valence-electron chi connectivity index (χ4n) is 1.64. The molecule has 1 aliphatic rings. The summed E-state index contributed by atoms with van der Waals surface area (Å²) < 4.78 is 11.1. The molecule has 0 saturated heterocycles. The predicted molar refractivity (Wildman–Crippen MR) is 74.7 cm³/mol. The summed E-state index contributed by atoms with van der Waals surface area (Å²) in [7, 11) is 0. The lowest BCUT2D eigenvalue weighted by atomic mass is 10.2. The lowest BCUT2D eigenvalue weighted by molar-refractivity contribution is 0.356. The predicted octanol–water partition coefficient (Wildman–Crippen LogP) is 5.90. The summed E-state index contributed by atoms with van der Waals surface area (Å²) in [5.41, 5.74) is 0. The lowest BCUT2D eigenvalue weighted by Gasteiger charge is -2.22. The molecule has 3 rings (SSSR count). The second-order valence-corrected chi connectivity index (χ2v) is 5.36. The van der Waals surface area contributed by atoms with E-state index >= 15 is 0 Å². The van der Waals surface area contributed by atoms with Crippen molar-refractivity contribution in [3.8, 4) is 28.7 Å². The van der Waals surface area contributed by atoms with Crippen LogP contribution in [0.1, 0.15) is 0 Å². The summed E-state index contributed by atoms with van der Waals surface area (Å²) in [6.45, 7) is 0. The van der Waals surface area contributed by atoms with Crippen LogP contribution in [-0.2, 0) is 0 Å². The van der Waals surface area contributed by atoms with E-state index in [0.29, 0.717) is 27.3 Å². The number of phenols is 1. The Morgan fingerprint density at radius 3 is 1.89 bits per heavy atom. The van der Waals surface area contributed by atoms with E-state index < -0.39 is 0 Å². The van der Waals surface area contributed by atoms with E-state index in [4.69, 9.17) is 55.9 Å². The molecule has 2 aromatic carbocycles. The van der Waals surface area contributed by atoms with Gasteiger partial charge in [0, 0.05) is 18.2 Å². The van der Waals surface area contributed by atoms with Gasteiger partial charge >= 0.3 is 0 Å². The van der Waals surface area contributed by atoms with Crippen LogP contribution in [0.25, 0.3) is 0 Å². The van der Waals surface area contributed by atoms with Crippen molar-refractivity contribution in [2.75, 3.05) is 0 Å². The van der Waals surface area contributed by atoms with E-state index in [-0.39, 0.29) is 21.5 Å². The van der Waals surface area contributed by atoms with Crippen molar-refractivity contribution >= 4 is 46.4 Å². The Morgan fingerprint density at radius 2 is 1.26 bits per heavy atom. The van der Waals surface area contributed by atoms with Gasteiger partial charge in [-0.05, 0) is 0 Å². The highest BCUT2D eigenvalue weighted by molar-refractivity contribution is 6.42. The van der Waals surface area contributed by atoms with E-state index in [2.05, 4.69) is 0 Å². The minimum atomic E-state index is -0.269. The average molecular weight is 338 g/mol. The summed E-state index contributed by atoms with van der Waals surface area (Å²) in [6.07, 6.45) is 0. The maximum atomic E-state index is 9.66. The number of hydrogen-bond donors (Lipinski definition) is 1. The first-order chi connectivity index (χ1) is 8.97. The molecule has 3 nitrogen and oxygen atoms in total. The van der Waals surface area contributed by atoms with Crippen LogP contribution >= 0.6 is 46.4 Å². The third kappa shape index (κ3) is 2.07. The number of benzene rings is 2. The first-order valence-electron chi connectivity index (χ1n) is 5.03. The van der Waals surface area contributed by atoms with Crippen LogP contribution in [0.3, 0.4) is 0 Å². The highest BCUT2D eigenvalue weighted by Crippen LogP contribution is 2.54. The zero-order valence-electron chi connectivity index (χ0n) is 9.01. The van der Waals surface area contributed by atoms with E-state index in [9.17, 15) is 5.11 Å². The van der Waals surface area contributed by atoms with Crippen molar-refractivity contribution in [2.45, 2.75) is 0 Å². The number of fused-ring (bicyclic) bond motifs is 2. The molecule has 0 saturated carbocycles. The molecule has 0 unspecified atom stereocenters. The van der Waals surface area contributed by atoms with Crippen LogP contribution in [-0.4, -0.2) is 5.11 Å². The largest absolute Gasteiger partial charge is 0.505 e. The third-order valence-electron chi connectivity index (χ3n) is 2.53. The lowest BCUT2D eigenvalue weighted by Crippen LogP contribution is -2.00. The molecule has 0 aromatic heterocycles. The van der Waals surface area contributed by atoms with E-state index in [1.807, 2.05) is 0 Å². The van der Waals surface area contributed by atoms with E-state index in [0.717, 1.165) is 0 Å². The normalized spacial score (nSPS) is 12.2. The topological polar surface area (TPSA) is 38.7 Å². The van der Waals surface area contributed by atoms with Crippen molar-refractivity contribution in [1.29, 1.82) is 0 Å². The fourth-order valence-corrected chi connectivity index (χ4v) is 2.42. The van der Waals surface area contributed by atoms with E-state index in [1.54, 1.807) is 0 Å². The van der Waals surface area contributed by atoms with Crippen molar-refractivity contribution < 1.29 is 14.6 Å². The van der Waals surface area contributed by atoms with Gasteiger partial charge in [0.15, 0.2) is 28.7 Å². The molecular formula is C12H4Cl4O3. The van der Waals surface area contributed by atoms with Crippen molar-refractivity contribution in [3.05, 3.63) is 38.3 Å². The summed E-state index contributed by atoms with van der Waals surface area (Å²) in [5, 5.41) is 10.4. The van der Waals surface area contributed by atoms with Crippen LogP contribution in [0, 0.1) is 0 Å². The standard InChI is InChI=1S/C12H4Cl4O3/c13-4-1-7-8(2-5(4)14)19-12-9(18-7)3-6(15)11(17)10(12)16/h1-3,17H. The Bertz CT molecular complexity index is 700. The smallest absolute Gasteiger partial charge is 0.192 e. The number of phenolic OH excluding ortho intramolecular Hbond substituents is 1. The summed E-state index contributed by atoms with van der Waals surface area (Å²) in [4.78, 5) is 0. The second kappa shape index (κ2) is 4.53. The van der Waals surface area contributed by atoms with Gasteiger partial charge in [-0.25, -0.2) is 0 Å². The highest BCUT2D eigenvalue weighted by Gasteiger charge is 2.26. The van der Waals surface area contributed by atoms with Gasteiger partial charge in [0.1, 0.15) is 5.02 Å². The molecule has 0 spiro atoms. The molecule has 0 fully saturated rings. The van der Waals surface area contributed by atoms with E-state index in [1.165, 1.54) is 18.2 Å². The molecule has 0 amide bonds. The minimum absolute atomic E-state index is 0.0285. The summed E-state index contributed by atoms with van der Waals surface area (Å²) in [6, 6.07) is 4.44. The van der Waals surface area contributed by atoms with Crippen molar-refractivity contribution in [1.82, 2.24) is 0 Å². The Hall–Kier alpha value is -1.00. The second-order valence-electron chi connectivity index (χ2n) is 3.77. The third-order valence-corrected chi connectivity index (χ3v) is 3.89. The van der Waals surface area contributed by atoms with Crippen LogP contribution in [0.4, 0.5) is 0 Å². The fraction of sp³-hybridized carbons (Fsp3) is 0. The Kier molecular flexibility index (Phi) is 3.10. The first-order valence-corrected chi connectivity index (χ1v) is 6.54. The van der Waals surface area contributed by atoms with Crippen molar-refractivity contribution in [2.24, 2.45) is 0 Å². The SMILES string of the molecule is Oc1c(Cl)cc2c(c1Cl)Oc1cc(Cl)c(Cl)cc1O2. The van der Waals surface area contributed by atoms with Gasteiger partial charge in [-0.3, -0.25) is 0 Å². The Labute approximate surface area is 128 Å². The monoisotopic (exact) mass is 336 g/mol. The Morgan fingerprint density at radius 1 is 0.737 bits per heavy atom. The zero-order valence-corrected chi connectivity index (χ0v) is 12.0. The summed E-state index contributed by atoms with van der Waals surface area (Å²) >= 11 is 23.6. The maximum absolute atomic E-state index is 9.66. The number of halogens is 4. The van der Waals surface area contributed by atoms with Crippen LogP contribution in [0.2, 0.25) is 20.1 Å². The molecule has 0 radical (unpaired) electrons. The molecule has 1 heterocycles. The summed E-state index contributed by atoms with van der Waals surface area (Å²) in [5.74, 6) is 0.938. The molecule has 19 heavy (non-hydrogen) atoms. The molecule has 0 atom stereocenters. The molecule has 98 valence electrons. The maximum Gasteiger partial charge on any atom is 0.192 e. The molecule has 1 aliphatic heterocycles. The molecule has 1 N–H and O–H groups in total. The molecule has 2 aromatic rings. The zero-order chi connectivity index (χ0) is 13.7. The molecule has 7 heteroatoms. The van der Waals surface area contributed by atoms with Gasteiger partial charge in [0.05, 0.1) is 15.1 Å². The van der Waals surface area contributed by atoms with Crippen LogP contribution < -0.4 is 9.47 Å². The number of ether oxygens (including phenoxy) is 2. The average Bonchev–Trinajstić information content (AvgIpc) is 2.37. The van der Waals surface area contributed by atoms with Crippen LogP contribution in [0.5, 0.6) is 28.7 Å². The van der Waals surface area contributed by atoms with Crippen molar-refractivity contribution in [3.63, 3.8) is 0 Å². The molecule has 0 aliphatic carbocycles. The minimum Gasteiger partial charge on any atom is -0.505 e. The van der Waals surface area contributed by atoms with Gasteiger partial charge in [0.2, 0.25) is 0 Å². The number of hydrogen-bond acceptors (Lipinski definition) is 3. The van der Waals surface area contributed by atoms with Gasteiger partial charge in [0.25, 0.3) is 0 Å². The van der Waals surface area contributed by atoms with Gasteiger partial charge in [-0.15, -0.1) is 0 Å². The first kappa shape index (κ1) is 13.0. The number of aromatic hydroxyl groups is 1. The van der Waals surface area contributed by atoms with Gasteiger partial charge < -0.3 is 14.6 Å². The molecule has 0 bridgehead atoms. The number of rotatable bonds is 0. The highest BCUT2D eigenvalue weighted by atomic mass is 35.5. The van der Waals surface area contributed by atoms with Gasteiger partial charge in [-0.1, -0.05) is 46.4 Å². The van der Waals surface area contributed by atoms with Crippen LogP contribution in [0.15, 0.2) is 18.2 Å².